The zero-order valence-corrected chi connectivity index (χ0v) is 16.1. The summed E-state index contributed by atoms with van der Waals surface area (Å²) in [7, 11) is 0. The number of rotatable bonds is 8. The van der Waals surface area contributed by atoms with Crippen molar-refractivity contribution in [2.45, 2.75) is 32.2 Å². The summed E-state index contributed by atoms with van der Waals surface area (Å²) in [6.45, 7) is 2.09. The molecule has 0 aliphatic heterocycles. The van der Waals surface area contributed by atoms with E-state index in [1.165, 1.54) is 5.56 Å². The van der Waals surface area contributed by atoms with Gasteiger partial charge in [0.05, 0.1) is 6.04 Å². The molecule has 0 spiro atoms. The van der Waals surface area contributed by atoms with Crippen molar-refractivity contribution in [2.75, 3.05) is 0 Å². The number of carbonyl (C=O) groups excluding carboxylic acids is 2. The van der Waals surface area contributed by atoms with E-state index < -0.39 is 6.04 Å². The first-order chi connectivity index (χ1) is 13.7. The van der Waals surface area contributed by atoms with E-state index >= 15 is 0 Å². The summed E-state index contributed by atoms with van der Waals surface area (Å²) in [6, 6.07) is 26.2. The molecule has 1 N–H and O–H groups in total. The Kier molecular flexibility index (Phi) is 6.74. The lowest BCUT2D eigenvalue weighted by atomic mass is 9.94. The summed E-state index contributed by atoms with van der Waals surface area (Å²) in [5, 5.41) is 2.95. The SMILES string of the molecule is CCc1ccccc1CC(=O)C(Cc1ccccc1)NC(=O)c1ccccc1. The van der Waals surface area contributed by atoms with Crippen LogP contribution in [0.4, 0.5) is 0 Å². The molecule has 28 heavy (non-hydrogen) atoms. The molecule has 3 nitrogen and oxygen atoms in total. The fraction of sp³-hybridized carbons (Fsp3) is 0.200. The van der Waals surface area contributed by atoms with Crippen LogP contribution in [0.3, 0.4) is 0 Å². The predicted molar refractivity (Wildman–Crippen MR) is 112 cm³/mol. The normalized spacial score (nSPS) is 11.6. The summed E-state index contributed by atoms with van der Waals surface area (Å²) < 4.78 is 0. The van der Waals surface area contributed by atoms with E-state index in [2.05, 4.69) is 18.3 Å². The van der Waals surface area contributed by atoms with Crippen molar-refractivity contribution in [2.24, 2.45) is 0 Å². The van der Waals surface area contributed by atoms with Crippen LogP contribution in [0.25, 0.3) is 0 Å². The fourth-order valence-electron chi connectivity index (χ4n) is 3.31. The molecule has 3 heteroatoms. The van der Waals surface area contributed by atoms with Gasteiger partial charge in [-0.2, -0.15) is 0 Å². The van der Waals surface area contributed by atoms with Gasteiger partial charge in [-0.05, 0) is 41.7 Å². The lowest BCUT2D eigenvalue weighted by Gasteiger charge is -2.19. The van der Waals surface area contributed by atoms with Crippen LogP contribution in [0.5, 0.6) is 0 Å². The van der Waals surface area contributed by atoms with Gasteiger partial charge in [0, 0.05) is 12.0 Å². The predicted octanol–water partition coefficient (Wildman–Crippen LogP) is 4.40. The molecule has 0 fully saturated rings. The smallest absolute Gasteiger partial charge is 0.251 e. The van der Waals surface area contributed by atoms with Gasteiger partial charge in [0.25, 0.3) is 5.91 Å². The molecule has 0 aliphatic carbocycles. The molecule has 0 aromatic heterocycles. The summed E-state index contributed by atoms with van der Waals surface area (Å²) in [5.74, 6) is -0.201. The Morgan fingerprint density at radius 2 is 1.36 bits per heavy atom. The molecule has 1 atom stereocenters. The molecule has 0 radical (unpaired) electrons. The third-order valence-corrected chi connectivity index (χ3v) is 4.88. The monoisotopic (exact) mass is 371 g/mol. The maximum atomic E-state index is 13.1. The van der Waals surface area contributed by atoms with Gasteiger partial charge in [-0.25, -0.2) is 0 Å². The number of hydrogen-bond acceptors (Lipinski definition) is 2. The Labute approximate surface area is 166 Å². The lowest BCUT2D eigenvalue weighted by molar-refractivity contribution is -0.120. The number of amides is 1. The third-order valence-electron chi connectivity index (χ3n) is 4.88. The number of benzene rings is 3. The zero-order valence-electron chi connectivity index (χ0n) is 16.1. The minimum atomic E-state index is -0.569. The van der Waals surface area contributed by atoms with Crippen molar-refractivity contribution in [3.63, 3.8) is 0 Å². The highest BCUT2D eigenvalue weighted by Crippen LogP contribution is 2.14. The van der Waals surface area contributed by atoms with Gasteiger partial charge in [-0.3, -0.25) is 9.59 Å². The van der Waals surface area contributed by atoms with Crippen molar-refractivity contribution in [1.29, 1.82) is 0 Å². The Bertz CT molecular complexity index is 920. The van der Waals surface area contributed by atoms with Gasteiger partial charge in [-0.1, -0.05) is 79.7 Å². The van der Waals surface area contributed by atoms with E-state index in [0.29, 0.717) is 18.4 Å². The molecule has 3 aromatic rings. The minimum absolute atomic E-state index is 0.0223. The molecular formula is C25H25NO2. The maximum absolute atomic E-state index is 13.1. The van der Waals surface area contributed by atoms with E-state index in [-0.39, 0.29) is 11.7 Å². The molecule has 1 amide bonds. The first kappa shape index (κ1) is 19.6. The molecule has 0 aliphatic rings. The molecule has 3 rings (SSSR count). The highest BCUT2D eigenvalue weighted by atomic mass is 16.2. The van der Waals surface area contributed by atoms with Crippen LogP contribution in [0.15, 0.2) is 84.9 Å². The second-order valence-electron chi connectivity index (χ2n) is 6.85. The molecule has 1 unspecified atom stereocenters. The molecule has 142 valence electrons. The zero-order chi connectivity index (χ0) is 19.8. The second-order valence-corrected chi connectivity index (χ2v) is 6.85. The minimum Gasteiger partial charge on any atom is -0.342 e. The van der Waals surface area contributed by atoms with Crippen molar-refractivity contribution in [3.05, 3.63) is 107 Å². The largest absolute Gasteiger partial charge is 0.342 e. The number of nitrogens with one attached hydrogen (secondary N) is 1. The molecular weight excluding hydrogens is 346 g/mol. The van der Waals surface area contributed by atoms with Gasteiger partial charge < -0.3 is 5.32 Å². The van der Waals surface area contributed by atoms with Crippen LogP contribution in [-0.2, 0) is 24.1 Å². The molecule has 0 heterocycles. The van der Waals surface area contributed by atoms with E-state index in [4.69, 9.17) is 0 Å². The van der Waals surface area contributed by atoms with Crippen molar-refractivity contribution in [1.82, 2.24) is 5.32 Å². The molecule has 3 aromatic carbocycles. The van der Waals surface area contributed by atoms with Gasteiger partial charge in [0.2, 0.25) is 0 Å². The van der Waals surface area contributed by atoms with Crippen LogP contribution in [0.2, 0.25) is 0 Å². The lowest BCUT2D eigenvalue weighted by Crippen LogP contribution is -2.43. The summed E-state index contributed by atoms with van der Waals surface area (Å²) in [5.41, 5.74) is 3.78. The Hall–Kier alpha value is -3.20. The van der Waals surface area contributed by atoms with Crippen LogP contribution < -0.4 is 5.32 Å². The number of aryl methyl sites for hydroxylation is 1. The number of Topliss-reactive ketones (excluding diaryl/α,β-unsaturated/α-hetero) is 1. The standard InChI is InChI=1S/C25H25NO2/c1-2-20-13-9-10-16-22(20)18-24(27)23(17-19-11-5-3-6-12-19)26-25(28)21-14-7-4-8-15-21/h3-16,23H,2,17-18H2,1H3,(H,26,28). The van der Waals surface area contributed by atoms with Crippen LogP contribution in [0.1, 0.15) is 34.0 Å². The maximum Gasteiger partial charge on any atom is 0.251 e. The molecule has 0 saturated heterocycles. The van der Waals surface area contributed by atoms with Crippen molar-refractivity contribution in [3.8, 4) is 0 Å². The quantitative estimate of drug-likeness (QED) is 0.638. The summed E-state index contributed by atoms with van der Waals surface area (Å²) in [4.78, 5) is 25.8. The van der Waals surface area contributed by atoms with E-state index in [0.717, 1.165) is 17.5 Å². The van der Waals surface area contributed by atoms with Crippen LogP contribution in [0, 0.1) is 0 Å². The van der Waals surface area contributed by atoms with E-state index in [1.807, 2.05) is 66.7 Å². The first-order valence-corrected chi connectivity index (χ1v) is 9.66. The van der Waals surface area contributed by atoms with Crippen molar-refractivity contribution < 1.29 is 9.59 Å². The topological polar surface area (TPSA) is 46.2 Å². The molecule has 0 bridgehead atoms. The van der Waals surface area contributed by atoms with Crippen molar-refractivity contribution >= 4 is 11.7 Å². The van der Waals surface area contributed by atoms with E-state index in [1.54, 1.807) is 12.1 Å². The molecule has 0 saturated carbocycles. The first-order valence-electron chi connectivity index (χ1n) is 9.66. The average Bonchev–Trinajstić information content (AvgIpc) is 2.75. The number of carbonyl (C=O) groups is 2. The third kappa shape index (κ3) is 5.17. The highest BCUT2D eigenvalue weighted by Gasteiger charge is 2.22. The Morgan fingerprint density at radius 1 is 0.786 bits per heavy atom. The van der Waals surface area contributed by atoms with Gasteiger partial charge in [0.1, 0.15) is 0 Å². The highest BCUT2D eigenvalue weighted by molar-refractivity contribution is 5.98. The number of ketones is 1. The fourth-order valence-corrected chi connectivity index (χ4v) is 3.31. The summed E-state index contributed by atoms with van der Waals surface area (Å²) >= 11 is 0. The van der Waals surface area contributed by atoms with E-state index in [9.17, 15) is 9.59 Å². The Morgan fingerprint density at radius 3 is 2.00 bits per heavy atom. The van der Waals surface area contributed by atoms with Gasteiger partial charge in [0.15, 0.2) is 5.78 Å². The average molecular weight is 371 g/mol. The van der Waals surface area contributed by atoms with Gasteiger partial charge >= 0.3 is 0 Å². The van der Waals surface area contributed by atoms with Crippen LogP contribution in [-0.4, -0.2) is 17.7 Å². The van der Waals surface area contributed by atoms with Gasteiger partial charge in [-0.15, -0.1) is 0 Å². The summed E-state index contributed by atoms with van der Waals surface area (Å²) in [6.07, 6.45) is 1.67. The van der Waals surface area contributed by atoms with Crippen LogP contribution >= 0.6 is 0 Å². The second kappa shape index (κ2) is 9.65. The Balaban J connectivity index is 1.80. The number of hydrogen-bond donors (Lipinski definition) is 1.